The van der Waals surface area contributed by atoms with E-state index in [1.165, 1.54) is 0 Å². The molecule has 0 saturated carbocycles. The minimum absolute atomic E-state index is 0. The van der Waals surface area contributed by atoms with Crippen LogP contribution in [0.25, 0.3) is 0 Å². The Balaban J connectivity index is 0.000000640. The lowest BCUT2D eigenvalue weighted by molar-refractivity contribution is -0.711. The second-order valence-corrected chi connectivity index (χ2v) is 2.82. The molecule has 52 valence electrons. The van der Waals surface area contributed by atoms with Crippen LogP contribution < -0.4 is 21.5 Å². The number of rotatable bonds is 1. The van der Waals surface area contributed by atoms with E-state index in [1.54, 1.807) is 11.3 Å². The first-order valence-electron chi connectivity index (χ1n) is 2.73. The Labute approximate surface area is 70.1 Å². The zero-order valence-corrected chi connectivity index (χ0v) is 7.95. The molecule has 1 rings (SSSR count). The molecule has 0 amide bonds. The van der Waals surface area contributed by atoms with Gasteiger partial charge in [-0.3, -0.25) is 0 Å². The predicted molar refractivity (Wildman–Crippen MR) is 34.9 cm³/mol. The second-order valence-electron chi connectivity index (χ2n) is 2.07. The number of thiazole rings is 1. The first kappa shape index (κ1) is 9.11. The van der Waals surface area contributed by atoms with Gasteiger partial charge in [-0.25, -0.2) is 0 Å². The Morgan fingerprint density at radius 1 is 1.44 bits per heavy atom. The molecule has 0 aromatic carbocycles. The summed E-state index contributed by atoms with van der Waals surface area (Å²) in [7, 11) is 0. The van der Waals surface area contributed by atoms with Crippen molar-refractivity contribution in [2.45, 2.75) is 19.9 Å². The molecular formula is C6H10BrNS. The van der Waals surface area contributed by atoms with Gasteiger partial charge in [0, 0.05) is 0 Å². The van der Waals surface area contributed by atoms with E-state index in [9.17, 15) is 0 Å². The number of nitrogens with zero attached hydrogens (tertiary/aromatic N) is 1. The fourth-order valence-corrected chi connectivity index (χ4v) is 1.28. The molecule has 0 fully saturated rings. The lowest BCUT2D eigenvalue weighted by Crippen LogP contribution is -3.00. The average Bonchev–Trinajstić information content (AvgIpc) is 2.12. The number of hydrogen-bond acceptors (Lipinski definition) is 1. The third-order valence-electron chi connectivity index (χ3n) is 1.09. The van der Waals surface area contributed by atoms with Crippen molar-refractivity contribution in [1.29, 1.82) is 0 Å². The Bertz CT molecular complexity index is 148. The highest BCUT2D eigenvalue weighted by Crippen LogP contribution is 1.94. The van der Waals surface area contributed by atoms with Gasteiger partial charge in [0.15, 0.2) is 12.2 Å². The highest BCUT2D eigenvalue weighted by Gasteiger charge is 2.02. The van der Waals surface area contributed by atoms with Crippen LogP contribution in [0.15, 0.2) is 17.1 Å². The molecule has 0 bridgehead atoms. The van der Waals surface area contributed by atoms with Gasteiger partial charge in [-0.15, -0.1) is 0 Å². The summed E-state index contributed by atoms with van der Waals surface area (Å²) in [6.07, 6.45) is 2.09. The summed E-state index contributed by atoms with van der Waals surface area (Å²) in [5.74, 6) is 0. The summed E-state index contributed by atoms with van der Waals surface area (Å²) >= 11 is 1.73. The highest BCUT2D eigenvalue weighted by molar-refractivity contribution is 7.07. The molecule has 0 N–H and O–H groups in total. The van der Waals surface area contributed by atoms with E-state index in [4.69, 9.17) is 0 Å². The van der Waals surface area contributed by atoms with Crippen molar-refractivity contribution in [3.63, 3.8) is 0 Å². The molecule has 1 nitrogen and oxygen atoms in total. The smallest absolute Gasteiger partial charge is 0.224 e. The molecule has 0 aliphatic carbocycles. The van der Waals surface area contributed by atoms with Crippen molar-refractivity contribution in [3.8, 4) is 0 Å². The molecule has 0 saturated heterocycles. The third-order valence-corrected chi connectivity index (χ3v) is 1.73. The fraction of sp³-hybridized carbons (Fsp3) is 0.500. The molecule has 0 aliphatic heterocycles. The van der Waals surface area contributed by atoms with Crippen LogP contribution in [0.2, 0.25) is 0 Å². The van der Waals surface area contributed by atoms with E-state index < -0.39 is 0 Å². The molecule has 3 heteroatoms. The minimum Gasteiger partial charge on any atom is -1.00 e. The van der Waals surface area contributed by atoms with Crippen molar-refractivity contribution in [1.82, 2.24) is 0 Å². The van der Waals surface area contributed by atoms with Crippen molar-refractivity contribution in [2.75, 3.05) is 0 Å². The molecule has 1 heterocycles. The van der Waals surface area contributed by atoms with Crippen LogP contribution in [0.3, 0.4) is 0 Å². The van der Waals surface area contributed by atoms with Crippen LogP contribution in [-0.2, 0) is 0 Å². The van der Waals surface area contributed by atoms with Gasteiger partial charge in [0.25, 0.3) is 0 Å². The molecular weight excluding hydrogens is 198 g/mol. The summed E-state index contributed by atoms with van der Waals surface area (Å²) in [6, 6.07) is 0.612. The third kappa shape index (κ3) is 2.45. The summed E-state index contributed by atoms with van der Waals surface area (Å²) in [4.78, 5) is 0. The Morgan fingerprint density at radius 2 is 2.11 bits per heavy atom. The molecule has 9 heavy (non-hydrogen) atoms. The van der Waals surface area contributed by atoms with Crippen LogP contribution in [0, 0.1) is 0 Å². The van der Waals surface area contributed by atoms with Gasteiger partial charge in [0.2, 0.25) is 5.51 Å². The topological polar surface area (TPSA) is 3.88 Å². The molecule has 0 unspecified atom stereocenters. The monoisotopic (exact) mass is 207 g/mol. The largest absolute Gasteiger partial charge is 1.00 e. The van der Waals surface area contributed by atoms with Crippen LogP contribution in [0.1, 0.15) is 19.9 Å². The van der Waals surface area contributed by atoms with Crippen molar-refractivity contribution in [3.05, 3.63) is 17.1 Å². The van der Waals surface area contributed by atoms with E-state index in [0.29, 0.717) is 6.04 Å². The Hall–Kier alpha value is 0.110. The van der Waals surface area contributed by atoms with E-state index >= 15 is 0 Å². The van der Waals surface area contributed by atoms with E-state index in [1.807, 2.05) is 0 Å². The summed E-state index contributed by atoms with van der Waals surface area (Å²) in [5.41, 5.74) is 2.12. The maximum Gasteiger partial charge on any atom is 0.224 e. The van der Waals surface area contributed by atoms with Gasteiger partial charge in [0.1, 0.15) is 0 Å². The summed E-state index contributed by atoms with van der Waals surface area (Å²) in [6.45, 7) is 4.35. The van der Waals surface area contributed by atoms with Crippen LogP contribution >= 0.6 is 11.3 Å². The minimum atomic E-state index is 0. The van der Waals surface area contributed by atoms with Gasteiger partial charge in [-0.2, -0.15) is 4.57 Å². The standard InChI is InChI=1S/C6H10NS.BrH/c1-6(2)7-3-4-8-5-7;/h3-6H,1-2H3;1H/q+1;/p-1. The van der Waals surface area contributed by atoms with Crippen molar-refractivity contribution in [2.24, 2.45) is 0 Å². The SMILES string of the molecule is CC(C)[n+]1ccsc1.[Br-]. The molecule has 1 aromatic heterocycles. The predicted octanol–water partition coefficient (Wildman–Crippen LogP) is -1.38. The van der Waals surface area contributed by atoms with Gasteiger partial charge >= 0.3 is 0 Å². The van der Waals surface area contributed by atoms with E-state index in [0.717, 1.165) is 0 Å². The number of hydrogen-bond donors (Lipinski definition) is 0. The van der Waals surface area contributed by atoms with Gasteiger partial charge in [0.05, 0.1) is 5.38 Å². The van der Waals surface area contributed by atoms with Gasteiger partial charge < -0.3 is 17.0 Å². The van der Waals surface area contributed by atoms with Crippen molar-refractivity contribution < 1.29 is 21.5 Å². The van der Waals surface area contributed by atoms with E-state index in [-0.39, 0.29) is 17.0 Å². The van der Waals surface area contributed by atoms with Crippen LogP contribution in [0.4, 0.5) is 0 Å². The van der Waals surface area contributed by atoms with Gasteiger partial charge in [-0.1, -0.05) is 11.3 Å². The fourth-order valence-electron chi connectivity index (χ4n) is 0.540. The first-order chi connectivity index (χ1) is 3.80. The Morgan fingerprint density at radius 3 is 2.33 bits per heavy atom. The molecule has 1 aromatic rings. The second kappa shape index (κ2) is 4.01. The van der Waals surface area contributed by atoms with Crippen molar-refractivity contribution >= 4 is 11.3 Å². The average molecular weight is 208 g/mol. The molecule has 0 spiro atoms. The Kier molecular flexibility index (Phi) is 4.06. The zero-order chi connectivity index (χ0) is 5.98. The molecule has 0 radical (unpaired) electrons. The maximum atomic E-state index is 2.19. The zero-order valence-electron chi connectivity index (χ0n) is 5.54. The van der Waals surface area contributed by atoms with E-state index in [2.05, 4.69) is 35.5 Å². The number of halogens is 1. The van der Waals surface area contributed by atoms with Gasteiger partial charge in [-0.05, 0) is 13.8 Å². The van der Waals surface area contributed by atoms with Crippen LogP contribution in [-0.4, -0.2) is 0 Å². The lowest BCUT2D eigenvalue weighted by atomic mass is 10.4. The molecule has 0 atom stereocenters. The summed E-state index contributed by atoms with van der Waals surface area (Å²) in [5, 5.41) is 2.08. The van der Waals surface area contributed by atoms with Crippen LogP contribution in [0.5, 0.6) is 0 Å². The normalized spacial score (nSPS) is 9.22. The first-order valence-corrected chi connectivity index (χ1v) is 3.68. The molecule has 0 aliphatic rings. The highest BCUT2D eigenvalue weighted by atomic mass is 79.9. The lowest BCUT2D eigenvalue weighted by Gasteiger charge is -1.90. The number of aromatic nitrogens is 1. The quantitative estimate of drug-likeness (QED) is 0.501. The summed E-state index contributed by atoms with van der Waals surface area (Å²) < 4.78 is 2.19. The maximum absolute atomic E-state index is 2.19.